The Kier molecular flexibility index (Phi) is 2.55. The number of carbonyl (C=O) groups is 2. The summed E-state index contributed by atoms with van der Waals surface area (Å²) in [4.78, 5) is 22.3. The molecule has 0 aromatic carbocycles. The first-order valence-electron chi connectivity index (χ1n) is 5.06. The first-order chi connectivity index (χ1) is 7.38. The van der Waals surface area contributed by atoms with Crippen molar-refractivity contribution in [3.05, 3.63) is 0 Å². The molecule has 3 amide bonds. The number of imide groups is 1. The maximum absolute atomic E-state index is 12.5. The average molecular weight is 236 g/mol. The standard InChI is InChI=1S/C9H11F3N2O2/c10-9(11,12)4-1-2-5-6(3-4)13-8(16)14-7(5)15/h4-6H,1-3H2,(H2,13,14,15,16). The summed E-state index contributed by atoms with van der Waals surface area (Å²) in [5.41, 5.74) is 0. The van der Waals surface area contributed by atoms with E-state index in [0.29, 0.717) is 0 Å². The first kappa shape index (κ1) is 11.2. The summed E-state index contributed by atoms with van der Waals surface area (Å²) < 4.78 is 37.4. The molecule has 1 aliphatic carbocycles. The Morgan fingerprint density at radius 1 is 1.19 bits per heavy atom. The third-order valence-electron chi connectivity index (χ3n) is 3.20. The van der Waals surface area contributed by atoms with Crippen LogP contribution in [0.1, 0.15) is 19.3 Å². The lowest BCUT2D eigenvalue weighted by Crippen LogP contribution is -2.60. The highest BCUT2D eigenvalue weighted by atomic mass is 19.4. The van der Waals surface area contributed by atoms with Crippen molar-refractivity contribution in [2.24, 2.45) is 11.8 Å². The van der Waals surface area contributed by atoms with Crippen molar-refractivity contribution in [3.8, 4) is 0 Å². The molecule has 0 spiro atoms. The van der Waals surface area contributed by atoms with Gasteiger partial charge >= 0.3 is 12.2 Å². The number of amides is 3. The van der Waals surface area contributed by atoms with Crippen LogP contribution in [0.4, 0.5) is 18.0 Å². The van der Waals surface area contributed by atoms with Crippen LogP contribution >= 0.6 is 0 Å². The van der Waals surface area contributed by atoms with E-state index < -0.39 is 36.0 Å². The van der Waals surface area contributed by atoms with E-state index in [0.717, 1.165) is 0 Å². The van der Waals surface area contributed by atoms with Gasteiger partial charge in [-0.05, 0) is 19.3 Å². The smallest absolute Gasteiger partial charge is 0.334 e. The van der Waals surface area contributed by atoms with Gasteiger partial charge in [-0.25, -0.2) is 4.79 Å². The van der Waals surface area contributed by atoms with E-state index in [2.05, 4.69) is 10.6 Å². The SMILES string of the molecule is O=C1NC(=O)C2CCC(C(F)(F)F)CC2N1. The van der Waals surface area contributed by atoms with Gasteiger partial charge in [-0.3, -0.25) is 10.1 Å². The van der Waals surface area contributed by atoms with E-state index in [1.807, 2.05) is 0 Å². The van der Waals surface area contributed by atoms with Gasteiger partial charge in [-0.15, -0.1) is 0 Å². The Hall–Kier alpha value is -1.27. The Morgan fingerprint density at radius 2 is 1.88 bits per heavy atom. The monoisotopic (exact) mass is 236 g/mol. The van der Waals surface area contributed by atoms with Crippen LogP contribution in [-0.4, -0.2) is 24.2 Å². The van der Waals surface area contributed by atoms with Gasteiger partial charge in [0.05, 0.1) is 11.8 Å². The average Bonchev–Trinajstić information content (AvgIpc) is 2.15. The lowest BCUT2D eigenvalue weighted by molar-refractivity contribution is -0.187. The third kappa shape index (κ3) is 1.98. The Labute approximate surface area is 89.6 Å². The minimum atomic E-state index is -4.25. The molecule has 0 bridgehead atoms. The van der Waals surface area contributed by atoms with Crippen LogP contribution in [0.25, 0.3) is 0 Å². The number of halogens is 3. The van der Waals surface area contributed by atoms with Crippen molar-refractivity contribution in [3.63, 3.8) is 0 Å². The molecular weight excluding hydrogens is 225 g/mol. The molecule has 3 atom stereocenters. The van der Waals surface area contributed by atoms with Crippen LogP contribution in [0.3, 0.4) is 0 Å². The van der Waals surface area contributed by atoms with E-state index in [1.54, 1.807) is 0 Å². The summed E-state index contributed by atoms with van der Waals surface area (Å²) in [5.74, 6) is -2.40. The summed E-state index contributed by atoms with van der Waals surface area (Å²) in [7, 11) is 0. The van der Waals surface area contributed by atoms with Gasteiger partial charge in [0.1, 0.15) is 0 Å². The summed E-state index contributed by atoms with van der Waals surface area (Å²) in [6, 6.07) is -1.38. The number of fused-ring (bicyclic) bond motifs is 1. The van der Waals surface area contributed by atoms with Gasteiger partial charge in [0.15, 0.2) is 0 Å². The lowest BCUT2D eigenvalue weighted by Gasteiger charge is -2.38. The molecule has 7 heteroatoms. The number of rotatable bonds is 0. The van der Waals surface area contributed by atoms with E-state index in [4.69, 9.17) is 0 Å². The molecule has 1 saturated carbocycles. The molecule has 0 aromatic heterocycles. The van der Waals surface area contributed by atoms with E-state index in [1.165, 1.54) is 0 Å². The zero-order valence-corrected chi connectivity index (χ0v) is 8.30. The largest absolute Gasteiger partial charge is 0.391 e. The van der Waals surface area contributed by atoms with Crippen molar-refractivity contribution in [2.75, 3.05) is 0 Å². The second-order valence-corrected chi connectivity index (χ2v) is 4.23. The van der Waals surface area contributed by atoms with Crippen LogP contribution in [0.15, 0.2) is 0 Å². The molecule has 1 heterocycles. The molecule has 0 radical (unpaired) electrons. The van der Waals surface area contributed by atoms with E-state index in [9.17, 15) is 22.8 Å². The molecule has 2 rings (SSSR count). The van der Waals surface area contributed by atoms with Crippen molar-refractivity contribution in [1.29, 1.82) is 0 Å². The highest BCUT2D eigenvalue weighted by molar-refractivity contribution is 5.98. The third-order valence-corrected chi connectivity index (χ3v) is 3.20. The second-order valence-electron chi connectivity index (χ2n) is 4.23. The Morgan fingerprint density at radius 3 is 2.50 bits per heavy atom. The maximum atomic E-state index is 12.5. The fourth-order valence-corrected chi connectivity index (χ4v) is 2.35. The molecule has 1 saturated heterocycles. The maximum Gasteiger partial charge on any atom is 0.391 e. The lowest BCUT2D eigenvalue weighted by atomic mass is 9.76. The van der Waals surface area contributed by atoms with Crippen LogP contribution in [0.5, 0.6) is 0 Å². The van der Waals surface area contributed by atoms with Gasteiger partial charge in [-0.1, -0.05) is 0 Å². The topological polar surface area (TPSA) is 58.2 Å². The molecular formula is C9H11F3N2O2. The summed E-state index contributed by atoms with van der Waals surface area (Å²) in [6.07, 6.45) is -4.33. The Balaban J connectivity index is 2.09. The van der Waals surface area contributed by atoms with Crippen molar-refractivity contribution >= 4 is 11.9 Å². The van der Waals surface area contributed by atoms with Gasteiger partial charge < -0.3 is 5.32 Å². The number of alkyl halides is 3. The van der Waals surface area contributed by atoms with Gasteiger partial charge in [-0.2, -0.15) is 13.2 Å². The molecule has 2 N–H and O–H groups in total. The molecule has 1 aliphatic heterocycles. The number of urea groups is 1. The normalized spacial score (nSPS) is 35.1. The first-order valence-corrected chi connectivity index (χ1v) is 5.06. The molecule has 2 fully saturated rings. The summed E-state index contributed by atoms with van der Waals surface area (Å²) in [6.45, 7) is 0. The van der Waals surface area contributed by atoms with Crippen LogP contribution in [0, 0.1) is 11.8 Å². The molecule has 0 aromatic rings. The fraction of sp³-hybridized carbons (Fsp3) is 0.778. The minimum absolute atomic E-state index is 0.0477. The second kappa shape index (κ2) is 3.64. The summed E-state index contributed by atoms with van der Waals surface area (Å²) in [5, 5.41) is 4.44. The molecule has 2 aliphatic rings. The number of hydrogen-bond acceptors (Lipinski definition) is 2. The van der Waals surface area contributed by atoms with Crippen LogP contribution in [-0.2, 0) is 4.79 Å². The zero-order valence-electron chi connectivity index (χ0n) is 8.30. The van der Waals surface area contributed by atoms with Crippen LogP contribution < -0.4 is 10.6 Å². The highest BCUT2D eigenvalue weighted by Crippen LogP contribution is 2.40. The zero-order chi connectivity index (χ0) is 11.9. The van der Waals surface area contributed by atoms with Crippen molar-refractivity contribution < 1.29 is 22.8 Å². The quantitative estimate of drug-likeness (QED) is 0.663. The number of carbonyl (C=O) groups excluding carboxylic acids is 2. The fourth-order valence-electron chi connectivity index (χ4n) is 2.35. The minimum Gasteiger partial charge on any atom is -0.334 e. The predicted molar refractivity (Wildman–Crippen MR) is 47.3 cm³/mol. The van der Waals surface area contributed by atoms with Crippen molar-refractivity contribution in [1.82, 2.24) is 10.6 Å². The van der Waals surface area contributed by atoms with Gasteiger partial charge in [0, 0.05) is 6.04 Å². The highest BCUT2D eigenvalue weighted by Gasteiger charge is 2.48. The number of hydrogen-bond donors (Lipinski definition) is 2. The molecule has 90 valence electrons. The summed E-state index contributed by atoms with van der Waals surface area (Å²) >= 11 is 0. The van der Waals surface area contributed by atoms with Crippen LogP contribution in [0.2, 0.25) is 0 Å². The van der Waals surface area contributed by atoms with Gasteiger partial charge in [0.25, 0.3) is 0 Å². The van der Waals surface area contributed by atoms with Crippen molar-refractivity contribution in [2.45, 2.75) is 31.5 Å². The van der Waals surface area contributed by atoms with Gasteiger partial charge in [0.2, 0.25) is 5.91 Å². The predicted octanol–water partition coefficient (Wildman–Crippen LogP) is 1.17. The molecule has 16 heavy (non-hydrogen) atoms. The molecule has 3 unspecified atom stereocenters. The number of nitrogens with one attached hydrogen (secondary N) is 2. The van der Waals surface area contributed by atoms with E-state index in [-0.39, 0.29) is 19.3 Å². The molecule has 4 nitrogen and oxygen atoms in total. The Bertz CT molecular complexity index is 329. The van der Waals surface area contributed by atoms with E-state index >= 15 is 0 Å².